The lowest BCUT2D eigenvalue weighted by Gasteiger charge is -2.29. The number of ether oxygens (including phenoxy) is 3. The summed E-state index contributed by atoms with van der Waals surface area (Å²) >= 11 is 17.1. The van der Waals surface area contributed by atoms with E-state index in [1.807, 2.05) is 0 Å². The average Bonchev–Trinajstić information content (AvgIpc) is 2.37. The first-order chi connectivity index (χ1) is 9.68. The van der Waals surface area contributed by atoms with Gasteiger partial charge in [0.2, 0.25) is 3.79 Å². The summed E-state index contributed by atoms with van der Waals surface area (Å²) in [4.78, 5) is 23.2. The first kappa shape index (κ1) is 19.9. The van der Waals surface area contributed by atoms with Gasteiger partial charge in [-0.25, -0.2) is 9.59 Å². The molecule has 0 saturated carbocycles. The van der Waals surface area contributed by atoms with Crippen LogP contribution in [-0.2, 0) is 19.0 Å². The van der Waals surface area contributed by atoms with E-state index in [-0.39, 0.29) is 13.2 Å². The highest BCUT2D eigenvalue weighted by molar-refractivity contribution is 6.68. The molecular weight excluding hydrogens is 348 g/mol. The molecule has 0 aliphatic heterocycles. The second-order valence-corrected chi connectivity index (χ2v) is 5.83. The van der Waals surface area contributed by atoms with Crippen molar-refractivity contribution in [1.29, 1.82) is 0 Å². The molecule has 0 aliphatic rings. The number of esters is 1. The number of alkyl carbamates (subject to hydrolysis) is 1. The van der Waals surface area contributed by atoms with Crippen LogP contribution in [0.25, 0.3) is 0 Å². The topological polar surface area (TPSA) is 96.9 Å². The Hall–Kier alpha value is -1.05. The summed E-state index contributed by atoms with van der Waals surface area (Å²) in [5.74, 6) is -2.13. The van der Waals surface area contributed by atoms with Crippen molar-refractivity contribution < 1.29 is 28.9 Å². The molecule has 0 aromatic carbocycles. The lowest BCUT2D eigenvalue weighted by molar-refractivity contribution is -0.358. The van der Waals surface area contributed by atoms with Crippen LogP contribution in [0.5, 0.6) is 0 Å². The molecule has 0 aliphatic carbocycles. The zero-order valence-electron chi connectivity index (χ0n) is 11.6. The van der Waals surface area contributed by atoms with Crippen molar-refractivity contribution in [3.8, 4) is 0 Å². The van der Waals surface area contributed by atoms with Crippen molar-refractivity contribution in [2.24, 2.45) is 0 Å². The number of amides is 1. The van der Waals surface area contributed by atoms with E-state index >= 15 is 0 Å². The molecular formula is C11H15Cl3NO6-. The molecule has 0 heterocycles. The summed E-state index contributed by atoms with van der Waals surface area (Å²) < 4.78 is 11.6. The number of halogens is 3. The van der Waals surface area contributed by atoms with Crippen molar-refractivity contribution in [3.05, 3.63) is 11.5 Å². The fraction of sp³-hybridized carbons (Fsp3) is 0.636. The van der Waals surface area contributed by atoms with Gasteiger partial charge in [-0.1, -0.05) is 41.7 Å². The van der Waals surface area contributed by atoms with Gasteiger partial charge in [-0.15, -0.1) is 0 Å². The minimum absolute atomic E-state index is 0.0213. The van der Waals surface area contributed by atoms with Crippen LogP contribution < -0.4 is 10.4 Å². The van der Waals surface area contributed by atoms with Crippen LogP contribution in [0.1, 0.15) is 13.8 Å². The zero-order valence-corrected chi connectivity index (χ0v) is 13.8. The molecule has 21 heavy (non-hydrogen) atoms. The van der Waals surface area contributed by atoms with Crippen molar-refractivity contribution >= 4 is 46.9 Å². The summed E-state index contributed by atoms with van der Waals surface area (Å²) in [5.41, 5.74) is -0.649. The molecule has 0 aromatic heterocycles. The molecule has 0 radical (unpaired) electrons. The molecule has 0 saturated heterocycles. The lowest BCUT2D eigenvalue weighted by atomic mass is 10.1. The van der Waals surface area contributed by atoms with E-state index in [0.717, 1.165) is 7.11 Å². The van der Waals surface area contributed by atoms with Gasteiger partial charge in [0.1, 0.15) is 6.04 Å². The predicted octanol–water partition coefficient (Wildman–Crippen LogP) is 1.25. The largest absolute Gasteiger partial charge is 0.613 e. The number of carbonyl (C=O) groups excluding carboxylic acids is 2. The summed E-state index contributed by atoms with van der Waals surface area (Å²) in [6.45, 7) is 3.01. The van der Waals surface area contributed by atoms with E-state index in [0.29, 0.717) is 0 Å². The normalized spacial score (nSPS) is 13.8. The van der Waals surface area contributed by atoms with E-state index in [4.69, 9.17) is 44.3 Å². The summed E-state index contributed by atoms with van der Waals surface area (Å²) in [7, 11) is 1.07. The second kappa shape index (κ2) is 9.07. The van der Waals surface area contributed by atoms with Gasteiger partial charge in [-0.3, -0.25) is 0 Å². The Kier molecular flexibility index (Phi) is 8.61. The fourth-order valence-corrected chi connectivity index (χ4v) is 1.72. The second-order valence-electron chi connectivity index (χ2n) is 3.47. The fourth-order valence-electron chi connectivity index (χ4n) is 1.23. The maximum Gasteiger partial charge on any atom is 0.407 e. The number of rotatable bonds is 6. The minimum atomic E-state index is -2.21. The highest BCUT2D eigenvalue weighted by atomic mass is 35.6. The Balaban J connectivity index is 5.73. The maximum atomic E-state index is 11.9. The number of nitrogens with one attached hydrogen (secondary N) is 1. The smallest absolute Gasteiger partial charge is 0.407 e. The molecule has 10 heteroatoms. The van der Waals surface area contributed by atoms with Crippen LogP contribution in [0.2, 0.25) is 0 Å². The highest BCUT2D eigenvalue weighted by Gasteiger charge is 2.41. The zero-order chi connectivity index (χ0) is 16.6. The average molecular weight is 364 g/mol. The first-order valence-electron chi connectivity index (χ1n) is 5.81. The molecule has 122 valence electrons. The first-order valence-corrected chi connectivity index (χ1v) is 6.94. The van der Waals surface area contributed by atoms with Crippen LogP contribution in [0, 0.1) is 0 Å². The number of hydrogen-bond acceptors (Lipinski definition) is 6. The molecule has 0 aromatic rings. The Morgan fingerprint density at radius 2 is 1.71 bits per heavy atom. The molecule has 1 N–H and O–H groups in total. The predicted molar refractivity (Wildman–Crippen MR) is 74.9 cm³/mol. The van der Waals surface area contributed by atoms with E-state index in [1.54, 1.807) is 0 Å². The van der Waals surface area contributed by atoms with E-state index in [1.165, 1.54) is 13.8 Å². The molecule has 0 fully saturated rings. The van der Waals surface area contributed by atoms with Gasteiger partial charge >= 0.3 is 12.1 Å². The van der Waals surface area contributed by atoms with E-state index < -0.39 is 33.4 Å². The summed E-state index contributed by atoms with van der Waals surface area (Å²) in [6.07, 6.45) is -1.00. The Morgan fingerprint density at radius 3 is 2.10 bits per heavy atom. The molecule has 1 amide bonds. The number of carbonyl (C=O) groups is 2. The number of hydrogen-bond donors (Lipinski definition) is 1. The van der Waals surface area contributed by atoms with Crippen LogP contribution in [-0.4, -0.2) is 42.2 Å². The molecule has 0 spiro atoms. The van der Waals surface area contributed by atoms with Crippen molar-refractivity contribution in [3.63, 3.8) is 0 Å². The van der Waals surface area contributed by atoms with Crippen LogP contribution in [0.15, 0.2) is 11.5 Å². The van der Waals surface area contributed by atoms with Crippen LogP contribution >= 0.6 is 34.8 Å². The highest BCUT2D eigenvalue weighted by Crippen LogP contribution is 2.35. The van der Waals surface area contributed by atoms with Gasteiger partial charge in [-0.05, 0) is 13.5 Å². The van der Waals surface area contributed by atoms with Gasteiger partial charge in [0.15, 0.2) is 0 Å². The van der Waals surface area contributed by atoms with E-state index in [9.17, 15) is 14.7 Å². The van der Waals surface area contributed by atoms with Gasteiger partial charge in [0, 0.05) is 0 Å². The van der Waals surface area contributed by atoms with Crippen molar-refractivity contribution in [2.45, 2.75) is 23.7 Å². The van der Waals surface area contributed by atoms with Gasteiger partial charge < -0.3 is 24.6 Å². The van der Waals surface area contributed by atoms with Gasteiger partial charge in [0.05, 0.1) is 25.2 Å². The minimum Gasteiger partial charge on any atom is -0.613 e. The number of alkyl halides is 3. The molecule has 7 nitrogen and oxygen atoms in total. The third-order valence-corrected chi connectivity index (χ3v) is 2.71. The van der Waals surface area contributed by atoms with Crippen LogP contribution in [0.4, 0.5) is 4.79 Å². The third-order valence-electron chi connectivity index (χ3n) is 2.05. The monoisotopic (exact) mass is 362 g/mol. The maximum absolute atomic E-state index is 11.9. The lowest BCUT2D eigenvalue weighted by Crippen LogP contribution is -2.48. The van der Waals surface area contributed by atoms with Crippen molar-refractivity contribution in [1.82, 2.24) is 5.32 Å². The summed E-state index contributed by atoms with van der Waals surface area (Å²) in [5, 5.41) is 14.0. The van der Waals surface area contributed by atoms with Crippen LogP contribution in [0.3, 0.4) is 0 Å². The Bertz CT molecular complexity index is 407. The molecule has 1 unspecified atom stereocenters. The Morgan fingerprint density at radius 1 is 1.19 bits per heavy atom. The molecule has 0 bridgehead atoms. The molecule has 0 rings (SSSR count). The quantitative estimate of drug-likeness (QED) is 0.330. The summed E-state index contributed by atoms with van der Waals surface area (Å²) in [6, 6.07) is -1.60. The SMILES string of the molecule is CCOC(=O)/C(=C(\[O-])OCC)C(NC(=O)OC)C(Cl)(Cl)Cl. The van der Waals surface area contributed by atoms with E-state index in [2.05, 4.69) is 10.1 Å². The standard InChI is InChI=1S/C11H16Cl3NO6/c1-4-20-8(16)6(9(17)21-5-2)7(11(12,13)14)15-10(18)19-3/h7,16H,4-5H2,1-3H3,(H,15,18)/p-1/b8-6+. The number of methoxy groups -OCH3 is 1. The molecule has 1 atom stereocenters. The van der Waals surface area contributed by atoms with Crippen molar-refractivity contribution in [2.75, 3.05) is 20.3 Å². The Labute approximate surface area is 137 Å². The third kappa shape index (κ3) is 6.50. The van der Waals surface area contributed by atoms with Gasteiger partial charge in [-0.2, -0.15) is 0 Å². The van der Waals surface area contributed by atoms with Gasteiger partial charge in [0.25, 0.3) is 0 Å².